The summed E-state index contributed by atoms with van der Waals surface area (Å²) in [4.78, 5) is 41.3. The average molecular weight is 367 g/mol. The molecule has 140 valence electrons. The van der Waals surface area contributed by atoms with Gasteiger partial charge < -0.3 is 14.2 Å². The number of benzene rings is 1. The Labute approximate surface area is 157 Å². The summed E-state index contributed by atoms with van der Waals surface area (Å²) in [6, 6.07) is 10.2. The van der Waals surface area contributed by atoms with Crippen LogP contribution >= 0.6 is 0 Å². The molecule has 7 nitrogen and oxygen atoms in total. The number of carbonyl (C=O) groups is 3. The minimum atomic E-state index is -0.232. The molecule has 1 aromatic heterocycles. The standard InChI is InChI=1S/C20H21N3O4/c1-4-17(24)21(3)16-8-6-15(7-9-16)20(26)22-11-12-23(18(25)13-22)19-10-5-14(2)27-19/h4-10H,1,11-13H2,2-3H3. The van der Waals surface area contributed by atoms with E-state index in [1.807, 2.05) is 6.92 Å². The van der Waals surface area contributed by atoms with E-state index in [-0.39, 0.29) is 24.3 Å². The summed E-state index contributed by atoms with van der Waals surface area (Å²) in [5.74, 6) is 0.601. The number of piperazine rings is 1. The Balaban J connectivity index is 1.67. The number of carbonyl (C=O) groups excluding carboxylic acids is 3. The molecule has 0 aliphatic carbocycles. The van der Waals surface area contributed by atoms with Crippen molar-refractivity contribution in [2.24, 2.45) is 0 Å². The normalized spacial score (nSPS) is 14.2. The van der Waals surface area contributed by atoms with Gasteiger partial charge in [0.2, 0.25) is 17.7 Å². The van der Waals surface area contributed by atoms with Gasteiger partial charge in [-0.2, -0.15) is 0 Å². The van der Waals surface area contributed by atoms with Crippen LogP contribution in [0.4, 0.5) is 11.6 Å². The third kappa shape index (κ3) is 3.76. The van der Waals surface area contributed by atoms with E-state index < -0.39 is 0 Å². The Bertz CT molecular complexity index is 885. The van der Waals surface area contributed by atoms with Gasteiger partial charge in [0.05, 0.1) is 0 Å². The lowest BCUT2D eigenvalue weighted by Gasteiger charge is -2.33. The molecule has 1 aromatic carbocycles. The number of hydrogen-bond acceptors (Lipinski definition) is 4. The first-order chi connectivity index (χ1) is 12.9. The number of furan rings is 1. The highest BCUT2D eigenvalue weighted by atomic mass is 16.4. The van der Waals surface area contributed by atoms with Crippen molar-refractivity contribution in [1.82, 2.24) is 4.90 Å². The third-order valence-electron chi connectivity index (χ3n) is 4.51. The van der Waals surface area contributed by atoms with Gasteiger partial charge in [0.25, 0.3) is 5.91 Å². The second kappa shape index (κ2) is 7.49. The van der Waals surface area contributed by atoms with Crippen LogP contribution in [-0.2, 0) is 9.59 Å². The molecular weight excluding hydrogens is 346 g/mol. The fourth-order valence-corrected chi connectivity index (χ4v) is 2.92. The SMILES string of the molecule is C=CC(=O)N(C)c1ccc(C(=O)N2CCN(c3ccc(C)o3)C(=O)C2)cc1. The topological polar surface area (TPSA) is 74.1 Å². The van der Waals surface area contributed by atoms with Gasteiger partial charge in [-0.1, -0.05) is 6.58 Å². The molecule has 3 rings (SSSR count). The number of nitrogens with zero attached hydrogens (tertiary/aromatic N) is 3. The van der Waals surface area contributed by atoms with Gasteiger partial charge in [-0.15, -0.1) is 0 Å². The van der Waals surface area contributed by atoms with Crippen LogP contribution in [0.2, 0.25) is 0 Å². The lowest BCUT2D eigenvalue weighted by Crippen LogP contribution is -2.52. The minimum Gasteiger partial charge on any atom is -0.445 e. The van der Waals surface area contributed by atoms with Crippen molar-refractivity contribution in [3.63, 3.8) is 0 Å². The first kappa shape index (κ1) is 18.4. The number of hydrogen-bond donors (Lipinski definition) is 0. The predicted octanol–water partition coefficient (Wildman–Crippen LogP) is 2.23. The van der Waals surface area contributed by atoms with E-state index in [0.717, 1.165) is 5.76 Å². The van der Waals surface area contributed by atoms with E-state index in [1.165, 1.54) is 15.9 Å². The highest BCUT2D eigenvalue weighted by Gasteiger charge is 2.30. The Hall–Kier alpha value is -3.35. The molecule has 0 unspecified atom stereocenters. The highest BCUT2D eigenvalue weighted by molar-refractivity contribution is 6.02. The van der Waals surface area contributed by atoms with Crippen LogP contribution in [0.3, 0.4) is 0 Å². The molecule has 1 aliphatic heterocycles. The summed E-state index contributed by atoms with van der Waals surface area (Å²) in [6.45, 7) is 6.07. The predicted molar refractivity (Wildman–Crippen MR) is 102 cm³/mol. The molecule has 1 aliphatic rings. The van der Waals surface area contributed by atoms with Crippen molar-refractivity contribution in [1.29, 1.82) is 0 Å². The Kier molecular flexibility index (Phi) is 5.12. The second-order valence-corrected chi connectivity index (χ2v) is 6.30. The average Bonchev–Trinajstić information content (AvgIpc) is 3.12. The molecule has 0 saturated carbocycles. The highest BCUT2D eigenvalue weighted by Crippen LogP contribution is 2.21. The monoisotopic (exact) mass is 367 g/mol. The van der Waals surface area contributed by atoms with Crippen molar-refractivity contribution in [3.8, 4) is 0 Å². The summed E-state index contributed by atoms with van der Waals surface area (Å²) in [6.07, 6.45) is 1.23. The van der Waals surface area contributed by atoms with E-state index >= 15 is 0 Å². The van der Waals surface area contributed by atoms with Crippen LogP contribution in [0.15, 0.2) is 53.5 Å². The Morgan fingerprint density at radius 3 is 2.41 bits per heavy atom. The molecule has 27 heavy (non-hydrogen) atoms. The van der Waals surface area contributed by atoms with Gasteiger partial charge in [0, 0.05) is 37.5 Å². The molecule has 1 fully saturated rings. The molecule has 1 saturated heterocycles. The van der Waals surface area contributed by atoms with Gasteiger partial charge in [-0.05, 0) is 43.3 Å². The van der Waals surface area contributed by atoms with Crippen LogP contribution in [0, 0.1) is 6.92 Å². The zero-order valence-electron chi connectivity index (χ0n) is 15.3. The van der Waals surface area contributed by atoms with Gasteiger partial charge in [0.1, 0.15) is 12.3 Å². The van der Waals surface area contributed by atoms with Crippen molar-refractivity contribution < 1.29 is 18.8 Å². The van der Waals surface area contributed by atoms with E-state index in [2.05, 4.69) is 6.58 Å². The van der Waals surface area contributed by atoms with Crippen molar-refractivity contribution in [2.75, 3.05) is 36.5 Å². The van der Waals surface area contributed by atoms with E-state index in [1.54, 1.807) is 48.3 Å². The molecule has 7 heteroatoms. The molecule has 0 radical (unpaired) electrons. The summed E-state index contributed by atoms with van der Waals surface area (Å²) in [5.41, 5.74) is 1.12. The van der Waals surface area contributed by atoms with Gasteiger partial charge in [-0.25, -0.2) is 0 Å². The smallest absolute Gasteiger partial charge is 0.254 e. The maximum atomic E-state index is 12.7. The maximum absolute atomic E-state index is 12.7. The number of rotatable bonds is 4. The van der Waals surface area contributed by atoms with Crippen LogP contribution in [0.1, 0.15) is 16.1 Å². The zero-order valence-corrected chi connectivity index (χ0v) is 15.3. The fourth-order valence-electron chi connectivity index (χ4n) is 2.92. The summed E-state index contributed by atoms with van der Waals surface area (Å²) < 4.78 is 5.50. The summed E-state index contributed by atoms with van der Waals surface area (Å²) in [5, 5.41) is 0. The molecule has 0 bridgehead atoms. The Morgan fingerprint density at radius 2 is 1.85 bits per heavy atom. The van der Waals surface area contributed by atoms with E-state index in [4.69, 9.17) is 4.42 Å². The number of anilines is 2. The number of aryl methyl sites for hydroxylation is 1. The number of amides is 3. The molecule has 0 spiro atoms. The first-order valence-corrected chi connectivity index (χ1v) is 8.57. The second-order valence-electron chi connectivity index (χ2n) is 6.30. The molecule has 3 amide bonds. The van der Waals surface area contributed by atoms with Crippen LogP contribution in [0.25, 0.3) is 0 Å². The molecule has 2 aromatic rings. The lowest BCUT2D eigenvalue weighted by molar-refractivity contribution is -0.120. The van der Waals surface area contributed by atoms with Gasteiger partial charge in [-0.3, -0.25) is 19.3 Å². The maximum Gasteiger partial charge on any atom is 0.254 e. The van der Waals surface area contributed by atoms with Gasteiger partial charge >= 0.3 is 0 Å². The fraction of sp³-hybridized carbons (Fsp3) is 0.250. The molecule has 2 heterocycles. The van der Waals surface area contributed by atoms with E-state index in [9.17, 15) is 14.4 Å². The van der Waals surface area contributed by atoms with Crippen LogP contribution in [-0.4, -0.2) is 49.3 Å². The summed E-state index contributed by atoms with van der Waals surface area (Å²) >= 11 is 0. The van der Waals surface area contributed by atoms with Crippen molar-refractivity contribution in [2.45, 2.75) is 6.92 Å². The first-order valence-electron chi connectivity index (χ1n) is 8.57. The molecular formula is C20H21N3O4. The van der Waals surface area contributed by atoms with Crippen molar-refractivity contribution >= 4 is 29.3 Å². The van der Waals surface area contributed by atoms with Crippen LogP contribution < -0.4 is 9.80 Å². The van der Waals surface area contributed by atoms with Crippen LogP contribution in [0.5, 0.6) is 0 Å². The molecule has 0 N–H and O–H groups in total. The number of likely N-dealkylation sites (N-methyl/N-ethyl adjacent to an activating group) is 1. The lowest BCUT2D eigenvalue weighted by atomic mass is 10.1. The van der Waals surface area contributed by atoms with E-state index in [0.29, 0.717) is 30.2 Å². The molecule has 0 atom stereocenters. The zero-order chi connectivity index (χ0) is 19.6. The van der Waals surface area contributed by atoms with Gasteiger partial charge in [0.15, 0.2) is 0 Å². The summed E-state index contributed by atoms with van der Waals surface area (Å²) in [7, 11) is 1.63. The van der Waals surface area contributed by atoms with Crippen molar-refractivity contribution in [3.05, 3.63) is 60.4 Å². The minimum absolute atomic E-state index is 0.00478. The Morgan fingerprint density at radius 1 is 1.15 bits per heavy atom. The third-order valence-corrected chi connectivity index (χ3v) is 4.51. The largest absolute Gasteiger partial charge is 0.445 e. The quantitative estimate of drug-likeness (QED) is 0.777.